The first-order valence-corrected chi connectivity index (χ1v) is 7.34. The molecule has 2 amide bonds. The number of nitrogens with one attached hydrogen (secondary N) is 2. The molecule has 0 heterocycles. The Kier molecular flexibility index (Phi) is 4.32. The van der Waals surface area contributed by atoms with E-state index in [9.17, 15) is 9.59 Å². The van der Waals surface area contributed by atoms with Gasteiger partial charge in [-0.2, -0.15) is 0 Å². The second-order valence-electron chi connectivity index (χ2n) is 6.00. The quantitative estimate of drug-likeness (QED) is 0.631. The summed E-state index contributed by atoms with van der Waals surface area (Å²) >= 11 is 0. The van der Waals surface area contributed by atoms with Gasteiger partial charge in [-0.3, -0.25) is 0 Å². The number of carbonyl (C=O) groups is 2. The summed E-state index contributed by atoms with van der Waals surface area (Å²) in [5.74, 6) is -0.157. The highest BCUT2D eigenvalue weighted by Crippen LogP contribution is 2.60. The van der Waals surface area contributed by atoms with Crippen LogP contribution in [0.15, 0.2) is 0 Å². The zero-order valence-electron chi connectivity index (χ0n) is 11.6. The molecule has 0 saturated heterocycles. The fourth-order valence-corrected chi connectivity index (χ4v) is 2.72. The molecule has 19 heavy (non-hydrogen) atoms. The van der Waals surface area contributed by atoms with Crippen LogP contribution in [-0.4, -0.2) is 29.7 Å². The van der Waals surface area contributed by atoms with Gasteiger partial charge in [-0.1, -0.05) is 19.8 Å². The molecule has 1 atom stereocenters. The van der Waals surface area contributed by atoms with Gasteiger partial charge in [-0.05, 0) is 43.4 Å². The SMILES string of the molecule is CCCCC(NC(=O)NCC1(C2CC2)CC1)C(=O)O. The third-order valence-electron chi connectivity index (χ3n) is 4.39. The normalized spacial score (nSPS) is 21.5. The molecule has 5 nitrogen and oxygen atoms in total. The summed E-state index contributed by atoms with van der Waals surface area (Å²) in [7, 11) is 0. The number of aliphatic carboxylic acids is 1. The van der Waals surface area contributed by atoms with E-state index in [0.717, 1.165) is 18.8 Å². The monoisotopic (exact) mass is 268 g/mol. The Balaban J connectivity index is 1.71. The van der Waals surface area contributed by atoms with Gasteiger partial charge in [0.05, 0.1) is 0 Å². The number of hydrogen-bond donors (Lipinski definition) is 3. The average Bonchev–Trinajstić information content (AvgIpc) is 3.24. The van der Waals surface area contributed by atoms with Crippen LogP contribution < -0.4 is 10.6 Å². The van der Waals surface area contributed by atoms with Crippen LogP contribution >= 0.6 is 0 Å². The predicted molar refractivity (Wildman–Crippen MR) is 71.9 cm³/mol. The zero-order chi connectivity index (χ0) is 13.9. The third kappa shape index (κ3) is 3.85. The fourth-order valence-electron chi connectivity index (χ4n) is 2.72. The van der Waals surface area contributed by atoms with Crippen LogP contribution in [0.5, 0.6) is 0 Å². The molecule has 2 fully saturated rings. The minimum absolute atomic E-state index is 0.338. The molecule has 3 N–H and O–H groups in total. The van der Waals surface area contributed by atoms with Crippen molar-refractivity contribution in [2.24, 2.45) is 11.3 Å². The molecule has 2 saturated carbocycles. The molecule has 0 bridgehead atoms. The van der Waals surface area contributed by atoms with Crippen molar-refractivity contribution in [1.82, 2.24) is 10.6 Å². The minimum Gasteiger partial charge on any atom is -0.480 e. The summed E-state index contributed by atoms with van der Waals surface area (Å²) in [6.07, 6.45) is 7.22. The molecule has 2 rings (SSSR count). The summed E-state index contributed by atoms with van der Waals surface area (Å²) in [4.78, 5) is 22.8. The Morgan fingerprint density at radius 1 is 1.37 bits per heavy atom. The number of carboxylic acids is 1. The van der Waals surface area contributed by atoms with E-state index in [1.807, 2.05) is 6.92 Å². The molecule has 0 aromatic heterocycles. The number of unbranched alkanes of at least 4 members (excludes halogenated alkanes) is 1. The second-order valence-corrected chi connectivity index (χ2v) is 6.00. The molecular formula is C14H24N2O3. The number of amides is 2. The van der Waals surface area contributed by atoms with Crippen LogP contribution in [0.4, 0.5) is 4.79 Å². The molecule has 0 spiro atoms. The highest BCUT2D eigenvalue weighted by atomic mass is 16.4. The van der Waals surface area contributed by atoms with Gasteiger partial charge in [-0.25, -0.2) is 9.59 Å². The molecule has 5 heteroatoms. The Bertz CT molecular complexity index is 349. The summed E-state index contributed by atoms with van der Waals surface area (Å²) in [6.45, 7) is 2.70. The Hall–Kier alpha value is -1.26. The van der Waals surface area contributed by atoms with Crippen LogP contribution in [0, 0.1) is 11.3 Å². The van der Waals surface area contributed by atoms with Crippen LogP contribution in [0.2, 0.25) is 0 Å². The minimum atomic E-state index is -0.952. The van der Waals surface area contributed by atoms with Gasteiger partial charge in [0.25, 0.3) is 0 Å². The van der Waals surface area contributed by atoms with Crippen LogP contribution in [-0.2, 0) is 4.79 Å². The number of rotatable bonds is 8. The van der Waals surface area contributed by atoms with Gasteiger partial charge >= 0.3 is 12.0 Å². The first kappa shape index (κ1) is 14.2. The number of carboxylic acid groups (broad SMARTS) is 1. The maximum atomic E-state index is 11.8. The Morgan fingerprint density at radius 3 is 2.53 bits per heavy atom. The highest BCUT2D eigenvalue weighted by Gasteiger charge is 2.53. The van der Waals surface area contributed by atoms with Crippen LogP contribution in [0.3, 0.4) is 0 Å². The van der Waals surface area contributed by atoms with Gasteiger partial charge in [0.2, 0.25) is 0 Å². The van der Waals surface area contributed by atoms with Gasteiger partial charge in [-0.15, -0.1) is 0 Å². The average molecular weight is 268 g/mol. The van der Waals surface area contributed by atoms with E-state index in [1.54, 1.807) is 0 Å². The highest BCUT2D eigenvalue weighted by molar-refractivity contribution is 5.82. The first-order valence-electron chi connectivity index (χ1n) is 7.34. The second kappa shape index (κ2) is 5.80. The summed E-state index contributed by atoms with van der Waals surface area (Å²) in [6, 6.07) is -1.11. The smallest absolute Gasteiger partial charge is 0.326 e. The Morgan fingerprint density at radius 2 is 2.05 bits per heavy atom. The molecule has 0 aliphatic heterocycles. The summed E-state index contributed by atoms with van der Waals surface area (Å²) in [5, 5.41) is 14.5. The predicted octanol–water partition coefficient (Wildman–Crippen LogP) is 2.12. The van der Waals surface area contributed by atoms with Gasteiger partial charge in [0, 0.05) is 6.54 Å². The van der Waals surface area contributed by atoms with Crippen LogP contribution in [0.1, 0.15) is 51.9 Å². The van der Waals surface area contributed by atoms with Crippen molar-refractivity contribution in [3.8, 4) is 0 Å². The molecule has 2 aliphatic carbocycles. The van der Waals surface area contributed by atoms with Crippen molar-refractivity contribution >= 4 is 12.0 Å². The molecule has 0 radical (unpaired) electrons. The maximum absolute atomic E-state index is 11.8. The van der Waals surface area contributed by atoms with Crippen molar-refractivity contribution in [3.63, 3.8) is 0 Å². The lowest BCUT2D eigenvalue weighted by Gasteiger charge is -2.18. The lowest BCUT2D eigenvalue weighted by molar-refractivity contribution is -0.139. The van der Waals surface area contributed by atoms with E-state index in [4.69, 9.17) is 5.11 Å². The molecular weight excluding hydrogens is 244 g/mol. The Labute approximate surface area is 114 Å². The van der Waals surface area contributed by atoms with E-state index in [0.29, 0.717) is 18.4 Å². The van der Waals surface area contributed by atoms with Gasteiger partial charge < -0.3 is 15.7 Å². The summed E-state index contributed by atoms with van der Waals surface area (Å²) in [5.41, 5.74) is 0.347. The van der Waals surface area contributed by atoms with Gasteiger partial charge in [0.15, 0.2) is 0 Å². The van der Waals surface area contributed by atoms with E-state index < -0.39 is 12.0 Å². The van der Waals surface area contributed by atoms with E-state index in [2.05, 4.69) is 10.6 Å². The van der Waals surface area contributed by atoms with Crippen molar-refractivity contribution in [3.05, 3.63) is 0 Å². The van der Waals surface area contributed by atoms with Gasteiger partial charge in [0.1, 0.15) is 6.04 Å². The third-order valence-corrected chi connectivity index (χ3v) is 4.39. The van der Waals surface area contributed by atoms with E-state index in [-0.39, 0.29) is 6.03 Å². The van der Waals surface area contributed by atoms with Crippen molar-refractivity contribution in [1.29, 1.82) is 0 Å². The molecule has 0 aromatic carbocycles. The van der Waals surface area contributed by atoms with E-state index in [1.165, 1.54) is 25.7 Å². The lowest BCUT2D eigenvalue weighted by atomic mass is 10.0. The summed E-state index contributed by atoms with van der Waals surface area (Å²) < 4.78 is 0. The van der Waals surface area contributed by atoms with Crippen molar-refractivity contribution in [2.45, 2.75) is 57.9 Å². The van der Waals surface area contributed by atoms with Crippen molar-refractivity contribution in [2.75, 3.05) is 6.54 Å². The molecule has 108 valence electrons. The molecule has 0 aromatic rings. The molecule has 1 unspecified atom stereocenters. The fraction of sp³-hybridized carbons (Fsp3) is 0.857. The number of carbonyl (C=O) groups excluding carboxylic acids is 1. The zero-order valence-corrected chi connectivity index (χ0v) is 11.6. The number of urea groups is 1. The maximum Gasteiger partial charge on any atom is 0.326 e. The standard InChI is InChI=1S/C14H24N2O3/c1-2-3-4-11(12(17)18)16-13(19)15-9-14(7-8-14)10-5-6-10/h10-11H,2-9H2,1H3,(H,17,18)(H2,15,16,19). The largest absolute Gasteiger partial charge is 0.480 e. The molecule has 2 aliphatic rings. The van der Waals surface area contributed by atoms with E-state index >= 15 is 0 Å². The van der Waals surface area contributed by atoms with Crippen molar-refractivity contribution < 1.29 is 14.7 Å². The number of hydrogen-bond acceptors (Lipinski definition) is 2. The lowest BCUT2D eigenvalue weighted by Crippen LogP contribution is -2.47. The van der Waals surface area contributed by atoms with Crippen LogP contribution in [0.25, 0.3) is 0 Å². The first-order chi connectivity index (χ1) is 9.07. The topological polar surface area (TPSA) is 78.4 Å².